The number of anilines is 2. The summed E-state index contributed by atoms with van der Waals surface area (Å²) < 4.78 is 59.5. The van der Waals surface area contributed by atoms with Crippen molar-refractivity contribution in [1.82, 2.24) is 4.98 Å². The zero-order valence-corrected chi connectivity index (χ0v) is 22.2. The number of aryl methyl sites for hydroxylation is 1. The Kier molecular flexibility index (Phi) is 9.74. The van der Waals surface area contributed by atoms with Crippen LogP contribution in [0.15, 0.2) is 71.8 Å². The van der Waals surface area contributed by atoms with E-state index >= 15 is 0 Å². The van der Waals surface area contributed by atoms with Crippen LogP contribution in [0.3, 0.4) is 0 Å². The van der Waals surface area contributed by atoms with Crippen LogP contribution in [0.5, 0.6) is 0 Å². The van der Waals surface area contributed by atoms with Crippen molar-refractivity contribution in [2.45, 2.75) is 37.3 Å². The predicted octanol–water partition coefficient (Wildman–Crippen LogP) is 4.98. The number of hydrogen-bond acceptors (Lipinski definition) is 6. The molecule has 0 spiro atoms. The number of rotatable bonds is 7. The molecule has 0 aliphatic carbocycles. The summed E-state index contributed by atoms with van der Waals surface area (Å²) >= 11 is 0. The number of halogens is 3. The number of aromatic nitrogens is 1. The van der Waals surface area contributed by atoms with Crippen molar-refractivity contribution in [3.63, 3.8) is 0 Å². The largest absolute Gasteiger partial charge is 0.490 e. The molecule has 3 N–H and O–H groups in total. The molecule has 1 aliphatic heterocycles. The average molecular weight is 580 g/mol. The van der Waals surface area contributed by atoms with Crippen LogP contribution in [-0.2, 0) is 21.2 Å². The lowest BCUT2D eigenvalue weighted by Crippen LogP contribution is -2.36. The Hall–Kier alpha value is -4.13. The lowest BCUT2D eigenvalue weighted by Gasteiger charge is -2.33. The molecule has 0 atom stereocenters. The molecule has 1 aliphatic rings. The van der Waals surface area contributed by atoms with Crippen LogP contribution >= 0.6 is 0 Å². The van der Waals surface area contributed by atoms with E-state index in [0.717, 1.165) is 24.8 Å². The maximum atomic E-state index is 12.7. The van der Waals surface area contributed by atoms with Gasteiger partial charge >= 0.3 is 18.1 Å². The van der Waals surface area contributed by atoms with Crippen LogP contribution in [0.2, 0.25) is 0 Å². The lowest BCUT2D eigenvalue weighted by atomic mass is 9.90. The van der Waals surface area contributed by atoms with Gasteiger partial charge < -0.3 is 15.1 Å². The molecule has 1 fully saturated rings. The highest BCUT2D eigenvalue weighted by molar-refractivity contribution is 7.92. The second kappa shape index (κ2) is 12.8. The molecule has 0 bridgehead atoms. The van der Waals surface area contributed by atoms with Gasteiger partial charge in [0.25, 0.3) is 10.0 Å². The summed E-state index contributed by atoms with van der Waals surface area (Å²) in [6.07, 6.45) is -0.813. The van der Waals surface area contributed by atoms with Gasteiger partial charge in [0.1, 0.15) is 11.4 Å². The fourth-order valence-electron chi connectivity index (χ4n) is 4.15. The van der Waals surface area contributed by atoms with Gasteiger partial charge in [0.05, 0.1) is 16.8 Å². The summed E-state index contributed by atoms with van der Waals surface area (Å²) in [5.74, 6) is -2.98. The van der Waals surface area contributed by atoms with Crippen molar-refractivity contribution in [2.24, 2.45) is 5.92 Å². The van der Waals surface area contributed by atoms with Gasteiger partial charge in [-0.05, 0) is 55.9 Å². The Morgan fingerprint density at radius 1 is 1.02 bits per heavy atom. The Bertz CT molecular complexity index is 1420. The van der Waals surface area contributed by atoms with Crippen molar-refractivity contribution in [3.8, 4) is 0 Å². The van der Waals surface area contributed by atoms with E-state index in [9.17, 15) is 31.5 Å². The van der Waals surface area contributed by atoms with Gasteiger partial charge in [0.2, 0.25) is 0 Å². The first kappa shape index (κ1) is 30.4. The zero-order chi connectivity index (χ0) is 29.5. The number of nitrogens with zero attached hydrogens (tertiary/aromatic N) is 2. The monoisotopic (exact) mass is 579 g/mol. The number of hydrogen-bond donors (Lipinski definition) is 3. The number of pyridine rings is 1. The number of aliphatic carboxylic acids is 1. The molecule has 4 rings (SSSR count). The van der Waals surface area contributed by atoms with Crippen molar-refractivity contribution in [3.05, 3.63) is 83.6 Å². The molecular formula is C27H28F3N3O6S. The predicted molar refractivity (Wildman–Crippen MR) is 142 cm³/mol. The molecule has 2 heterocycles. The lowest BCUT2D eigenvalue weighted by molar-refractivity contribution is -0.192. The summed E-state index contributed by atoms with van der Waals surface area (Å²) in [6, 6.07) is 18.1. The van der Waals surface area contributed by atoms with E-state index in [0.29, 0.717) is 24.8 Å². The third kappa shape index (κ3) is 8.43. The maximum Gasteiger partial charge on any atom is 0.490 e. The highest BCUT2D eigenvalue weighted by Crippen LogP contribution is 2.29. The maximum absolute atomic E-state index is 12.7. The smallest absolute Gasteiger partial charge is 0.478 e. The second-order valence-electron chi connectivity index (χ2n) is 9.24. The van der Waals surface area contributed by atoms with Gasteiger partial charge in [0.15, 0.2) is 0 Å². The summed E-state index contributed by atoms with van der Waals surface area (Å²) in [4.78, 5) is 27.3. The van der Waals surface area contributed by atoms with Gasteiger partial charge in [-0.1, -0.05) is 48.0 Å². The fourth-order valence-corrected chi connectivity index (χ4v) is 5.18. The first-order valence-corrected chi connectivity index (χ1v) is 13.7. The van der Waals surface area contributed by atoms with E-state index in [2.05, 4.69) is 21.8 Å². The number of sulfonamides is 1. The van der Waals surface area contributed by atoms with Crippen LogP contribution in [0.1, 0.15) is 34.3 Å². The molecule has 1 saturated heterocycles. The molecule has 13 heteroatoms. The Labute approximate surface area is 229 Å². The number of aromatic carboxylic acids is 1. The molecule has 40 heavy (non-hydrogen) atoms. The molecule has 214 valence electrons. The van der Waals surface area contributed by atoms with Gasteiger partial charge in [-0.25, -0.2) is 23.0 Å². The topological polar surface area (TPSA) is 137 Å². The number of carboxylic acid groups (broad SMARTS) is 2. The molecule has 0 radical (unpaired) electrons. The van der Waals surface area contributed by atoms with Crippen LogP contribution in [0.25, 0.3) is 0 Å². The average Bonchev–Trinajstić information content (AvgIpc) is 2.89. The quantitative estimate of drug-likeness (QED) is 0.357. The highest BCUT2D eigenvalue weighted by atomic mass is 32.2. The van der Waals surface area contributed by atoms with E-state index < -0.39 is 28.1 Å². The Balaban J connectivity index is 0.000000559. The number of alkyl halides is 3. The highest BCUT2D eigenvalue weighted by Gasteiger charge is 2.38. The van der Waals surface area contributed by atoms with Crippen LogP contribution < -0.4 is 9.62 Å². The number of piperidine rings is 1. The minimum absolute atomic E-state index is 0.0133. The zero-order valence-electron chi connectivity index (χ0n) is 21.4. The number of carboxylic acids is 2. The Morgan fingerprint density at radius 2 is 1.60 bits per heavy atom. The molecule has 1 aromatic heterocycles. The van der Waals surface area contributed by atoms with Gasteiger partial charge in [-0.2, -0.15) is 13.2 Å². The van der Waals surface area contributed by atoms with Crippen molar-refractivity contribution in [1.29, 1.82) is 0 Å². The first-order valence-electron chi connectivity index (χ1n) is 12.2. The number of nitrogens with one attached hydrogen (secondary N) is 1. The number of carbonyl (C=O) groups is 2. The van der Waals surface area contributed by atoms with Crippen molar-refractivity contribution < 1.29 is 41.4 Å². The summed E-state index contributed by atoms with van der Waals surface area (Å²) in [5.41, 5.74) is 2.36. The minimum Gasteiger partial charge on any atom is -0.478 e. The third-order valence-electron chi connectivity index (χ3n) is 6.20. The molecule has 0 saturated carbocycles. The SMILES string of the molecule is Cc1ccc(S(=O)(=O)Nc2cnc(N3CCC(Cc4ccccc4)CC3)c(C(=O)O)c2)cc1.O=C(O)C(F)(F)F. The van der Waals surface area contributed by atoms with Gasteiger partial charge in [-0.3, -0.25) is 4.72 Å². The van der Waals surface area contributed by atoms with E-state index in [1.165, 1.54) is 30.0 Å². The van der Waals surface area contributed by atoms with E-state index in [4.69, 9.17) is 9.90 Å². The van der Waals surface area contributed by atoms with Crippen LogP contribution in [0.4, 0.5) is 24.7 Å². The van der Waals surface area contributed by atoms with E-state index in [-0.39, 0.29) is 16.1 Å². The molecular weight excluding hydrogens is 551 g/mol. The Morgan fingerprint density at radius 3 is 2.12 bits per heavy atom. The first-order chi connectivity index (χ1) is 18.8. The number of benzene rings is 2. The fraction of sp³-hybridized carbons (Fsp3) is 0.296. The second-order valence-corrected chi connectivity index (χ2v) is 10.9. The van der Waals surface area contributed by atoms with Crippen molar-refractivity contribution in [2.75, 3.05) is 22.7 Å². The van der Waals surface area contributed by atoms with E-state index in [1.54, 1.807) is 12.1 Å². The molecule has 2 aromatic carbocycles. The van der Waals surface area contributed by atoms with Gasteiger partial charge in [-0.15, -0.1) is 0 Å². The molecule has 0 amide bonds. The van der Waals surface area contributed by atoms with Gasteiger partial charge in [0, 0.05) is 13.1 Å². The third-order valence-corrected chi connectivity index (χ3v) is 7.60. The standard InChI is InChI=1S/C25H27N3O4S.C2HF3O2/c1-18-7-9-22(10-8-18)33(31,32)27-21-16-23(25(29)30)24(26-17-21)28-13-11-20(12-14-28)15-19-5-3-2-4-6-19;3-2(4,5)1(6)7/h2-10,16-17,20,27H,11-15H2,1H3,(H,29,30);(H,6,7). The van der Waals surface area contributed by atoms with Crippen LogP contribution in [-0.4, -0.2) is 54.8 Å². The van der Waals surface area contributed by atoms with E-state index in [1.807, 2.05) is 30.0 Å². The molecule has 3 aromatic rings. The molecule has 0 unspecified atom stereocenters. The summed E-state index contributed by atoms with van der Waals surface area (Å²) in [5, 5.41) is 16.9. The molecule has 9 nitrogen and oxygen atoms in total. The summed E-state index contributed by atoms with van der Waals surface area (Å²) in [7, 11) is -3.84. The van der Waals surface area contributed by atoms with Crippen LogP contribution in [0, 0.1) is 12.8 Å². The van der Waals surface area contributed by atoms with Crippen molar-refractivity contribution >= 4 is 33.5 Å². The normalized spacial score (nSPS) is 14.2. The summed E-state index contributed by atoms with van der Waals surface area (Å²) in [6.45, 7) is 3.29. The minimum atomic E-state index is -5.08.